The summed E-state index contributed by atoms with van der Waals surface area (Å²) >= 11 is 1.14. The standard InChI is InChI=1S/C26H25NO3S/c1-17(2)24(25(28)31-18-10-4-3-5-11-18)27-26(29)30-16-23-21-14-8-6-12-19(21)20-13-7-9-15-22(20)23/h3-15,17,23-24H,16H2,1-2H3,(H,27,29)/t24-/m0/s1. The number of fused-ring (bicyclic) bond motifs is 3. The van der Waals surface area contributed by atoms with Crippen LogP contribution in [0.5, 0.6) is 0 Å². The van der Waals surface area contributed by atoms with E-state index in [9.17, 15) is 9.59 Å². The molecule has 0 saturated heterocycles. The molecule has 0 radical (unpaired) electrons. The van der Waals surface area contributed by atoms with Gasteiger partial charge in [0.05, 0.1) is 0 Å². The highest BCUT2D eigenvalue weighted by Crippen LogP contribution is 2.44. The van der Waals surface area contributed by atoms with Gasteiger partial charge in [-0.25, -0.2) is 4.79 Å². The number of amides is 1. The molecule has 5 heteroatoms. The number of carbonyl (C=O) groups is 2. The number of ether oxygens (including phenoxy) is 1. The minimum atomic E-state index is -0.624. The van der Waals surface area contributed by atoms with E-state index in [2.05, 4.69) is 29.6 Å². The Bertz CT molecular complexity index is 1040. The van der Waals surface area contributed by atoms with E-state index in [1.807, 2.05) is 68.4 Å². The minimum Gasteiger partial charge on any atom is -0.449 e. The smallest absolute Gasteiger partial charge is 0.407 e. The third kappa shape index (κ3) is 4.67. The van der Waals surface area contributed by atoms with Crippen molar-refractivity contribution < 1.29 is 14.3 Å². The molecule has 4 nitrogen and oxygen atoms in total. The molecule has 0 aliphatic heterocycles. The number of benzene rings is 3. The first kappa shape index (κ1) is 21.2. The van der Waals surface area contributed by atoms with Crippen molar-refractivity contribution >= 4 is 23.0 Å². The SMILES string of the molecule is CC(C)[C@H](NC(=O)OCC1c2ccccc2-c2ccccc21)C(=O)Sc1ccccc1. The molecule has 1 aliphatic carbocycles. The molecule has 31 heavy (non-hydrogen) atoms. The number of carbonyl (C=O) groups excluding carboxylic acids is 2. The maximum absolute atomic E-state index is 12.8. The van der Waals surface area contributed by atoms with Gasteiger partial charge in [0.2, 0.25) is 5.12 Å². The molecular formula is C26H25NO3S. The quantitative estimate of drug-likeness (QED) is 0.496. The van der Waals surface area contributed by atoms with E-state index in [4.69, 9.17) is 4.74 Å². The third-order valence-corrected chi connectivity index (χ3v) is 6.46. The van der Waals surface area contributed by atoms with Crippen LogP contribution in [0.1, 0.15) is 30.9 Å². The zero-order valence-corrected chi connectivity index (χ0v) is 18.4. The average Bonchev–Trinajstić information content (AvgIpc) is 3.10. The molecule has 4 rings (SSSR count). The summed E-state index contributed by atoms with van der Waals surface area (Å²) < 4.78 is 5.61. The van der Waals surface area contributed by atoms with E-state index >= 15 is 0 Å². The molecule has 1 amide bonds. The summed E-state index contributed by atoms with van der Waals surface area (Å²) in [5, 5.41) is 2.67. The van der Waals surface area contributed by atoms with Gasteiger partial charge in [-0.05, 0) is 52.1 Å². The van der Waals surface area contributed by atoms with Crippen LogP contribution in [0.15, 0.2) is 83.8 Å². The molecule has 0 spiro atoms. The van der Waals surface area contributed by atoms with Crippen molar-refractivity contribution in [3.8, 4) is 11.1 Å². The second-order valence-corrected chi connectivity index (χ2v) is 9.00. The Kier molecular flexibility index (Phi) is 6.42. The predicted octanol–water partition coefficient (Wildman–Crippen LogP) is 5.87. The van der Waals surface area contributed by atoms with Crippen molar-refractivity contribution in [2.24, 2.45) is 5.92 Å². The Morgan fingerprint density at radius 1 is 0.871 bits per heavy atom. The van der Waals surface area contributed by atoms with Gasteiger partial charge in [0.1, 0.15) is 12.6 Å². The molecule has 1 aliphatic rings. The first-order valence-electron chi connectivity index (χ1n) is 10.4. The zero-order valence-electron chi connectivity index (χ0n) is 17.6. The van der Waals surface area contributed by atoms with Crippen LogP contribution >= 0.6 is 11.8 Å². The first-order chi connectivity index (χ1) is 15.0. The Morgan fingerprint density at radius 2 is 1.42 bits per heavy atom. The van der Waals surface area contributed by atoms with Gasteiger partial charge in [-0.2, -0.15) is 0 Å². The Labute approximate surface area is 187 Å². The van der Waals surface area contributed by atoms with Crippen LogP contribution in [-0.2, 0) is 9.53 Å². The lowest BCUT2D eigenvalue weighted by Crippen LogP contribution is -2.43. The number of hydrogen-bond donors (Lipinski definition) is 1. The molecule has 1 atom stereocenters. The average molecular weight is 432 g/mol. The van der Waals surface area contributed by atoms with Gasteiger partial charge in [0.25, 0.3) is 0 Å². The van der Waals surface area contributed by atoms with Crippen molar-refractivity contribution in [3.63, 3.8) is 0 Å². The van der Waals surface area contributed by atoms with Gasteiger partial charge in [0, 0.05) is 10.8 Å². The van der Waals surface area contributed by atoms with E-state index < -0.39 is 12.1 Å². The summed E-state index contributed by atoms with van der Waals surface area (Å²) in [7, 11) is 0. The van der Waals surface area contributed by atoms with Crippen LogP contribution in [0.25, 0.3) is 11.1 Å². The molecule has 0 fully saturated rings. The number of alkyl carbamates (subject to hydrolysis) is 1. The van der Waals surface area contributed by atoms with Crippen molar-refractivity contribution in [2.75, 3.05) is 6.61 Å². The topological polar surface area (TPSA) is 55.4 Å². The second kappa shape index (κ2) is 9.40. The molecule has 0 saturated carbocycles. The lowest BCUT2D eigenvalue weighted by molar-refractivity contribution is -0.113. The van der Waals surface area contributed by atoms with E-state index in [-0.39, 0.29) is 23.6 Å². The van der Waals surface area contributed by atoms with Gasteiger partial charge in [-0.15, -0.1) is 0 Å². The number of hydrogen-bond acceptors (Lipinski definition) is 4. The maximum Gasteiger partial charge on any atom is 0.407 e. The van der Waals surface area contributed by atoms with E-state index in [1.165, 1.54) is 11.1 Å². The Balaban J connectivity index is 1.42. The fourth-order valence-corrected chi connectivity index (χ4v) is 4.92. The normalized spacial score (nSPS) is 13.4. The molecule has 0 heterocycles. The number of thioether (sulfide) groups is 1. The van der Waals surface area contributed by atoms with Crippen molar-refractivity contribution in [1.82, 2.24) is 5.32 Å². The lowest BCUT2D eigenvalue weighted by Gasteiger charge is -2.21. The maximum atomic E-state index is 12.8. The second-order valence-electron chi connectivity index (χ2n) is 7.93. The predicted molar refractivity (Wildman–Crippen MR) is 124 cm³/mol. The van der Waals surface area contributed by atoms with Crippen molar-refractivity contribution in [2.45, 2.75) is 30.7 Å². The fraction of sp³-hybridized carbons (Fsp3) is 0.231. The lowest BCUT2D eigenvalue weighted by atomic mass is 9.98. The first-order valence-corrected chi connectivity index (χ1v) is 11.2. The molecule has 3 aromatic carbocycles. The van der Waals surface area contributed by atoms with E-state index in [0.29, 0.717) is 0 Å². The van der Waals surface area contributed by atoms with Crippen LogP contribution in [-0.4, -0.2) is 23.9 Å². The molecule has 1 N–H and O–H groups in total. The number of rotatable bonds is 6. The Morgan fingerprint density at radius 3 is 2.00 bits per heavy atom. The largest absolute Gasteiger partial charge is 0.449 e. The zero-order chi connectivity index (χ0) is 21.8. The van der Waals surface area contributed by atoms with Crippen LogP contribution in [0.4, 0.5) is 4.79 Å². The van der Waals surface area contributed by atoms with Gasteiger partial charge in [-0.1, -0.05) is 80.6 Å². The van der Waals surface area contributed by atoms with Crippen LogP contribution in [0.2, 0.25) is 0 Å². The van der Waals surface area contributed by atoms with Crippen LogP contribution in [0, 0.1) is 5.92 Å². The summed E-state index contributed by atoms with van der Waals surface area (Å²) in [5.41, 5.74) is 4.68. The fourth-order valence-electron chi connectivity index (χ4n) is 3.93. The molecule has 0 unspecified atom stereocenters. The highest BCUT2D eigenvalue weighted by molar-refractivity contribution is 8.13. The molecule has 3 aromatic rings. The minimum absolute atomic E-state index is 0.00922. The summed E-state index contributed by atoms with van der Waals surface area (Å²) in [6, 6.07) is 25.2. The van der Waals surface area contributed by atoms with E-state index in [0.717, 1.165) is 27.8 Å². The molecular weight excluding hydrogens is 406 g/mol. The highest BCUT2D eigenvalue weighted by atomic mass is 32.2. The van der Waals surface area contributed by atoms with Crippen molar-refractivity contribution in [3.05, 3.63) is 90.0 Å². The van der Waals surface area contributed by atoms with Gasteiger partial charge in [0.15, 0.2) is 0 Å². The van der Waals surface area contributed by atoms with Crippen LogP contribution < -0.4 is 5.32 Å². The highest BCUT2D eigenvalue weighted by Gasteiger charge is 2.30. The van der Waals surface area contributed by atoms with E-state index in [1.54, 1.807) is 0 Å². The summed E-state index contributed by atoms with van der Waals surface area (Å²) in [6.45, 7) is 4.06. The molecule has 0 aromatic heterocycles. The Hall–Kier alpha value is -3.05. The summed E-state index contributed by atoms with van der Waals surface area (Å²) in [5.74, 6) is -0.0609. The van der Waals surface area contributed by atoms with Crippen LogP contribution in [0.3, 0.4) is 0 Å². The molecule has 0 bridgehead atoms. The monoisotopic (exact) mass is 431 g/mol. The van der Waals surface area contributed by atoms with Gasteiger partial charge < -0.3 is 10.1 Å². The van der Waals surface area contributed by atoms with Gasteiger partial charge in [-0.3, -0.25) is 4.79 Å². The third-order valence-electron chi connectivity index (χ3n) is 5.50. The summed E-state index contributed by atoms with van der Waals surface area (Å²) in [6.07, 6.45) is -0.567. The summed E-state index contributed by atoms with van der Waals surface area (Å²) in [4.78, 5) is 26.2. The van der Waals surface area contributed by atoms with Crippen molar-refractivity contribution in [1.29, 1.82) is 0 Å². The molecule has 158 valence electrons. The van der Waals surface area contributed by atoms with Gasteiger partial charge >= 0.3 is 6.09 Å². The number of nitrogens with one attached hydrogen (secondary N) is 1.